The second-order valence-electron chi connectivity index (χ2n) is 6.10. The molecule has 2 rings (SSSR count). The number of hydrogen-bond acceptors (Lipinski definition) is 4. The first-order valence-electron chi connectivity index (χ1n) is 6.62. The third-order valence-electron chi connectivity index (χ3n) is 3.56. The first-order chi connectivity index (χ1) is 8.75. The van der Waals surface area contributed by atoms with Crippen LogP contribution in [0.4, 0.5) is 11.5 Å². The Balaban J connectivity index is 2.56. The van der Waals surface area contributed by atoms with Gasteiger partial charge in [-0.05, 0) is 25.7 Å². The zero-order valence-electron chi connectivity index (χ0n) is 12.0. The Hall–Kier alpha value is -1.72. The van der Waals surface area contributed by atoms with E-state index in [9.17, 15) is 9.59 Å². The highest BCUT2D eigenvalue weighted by atomic mass is 16.2. The molecule has 0 spiro atoms. The van der Waals surface area contributed by atoms with Crippen molar-refractivity contribution in [3.63, 3.8) is 0 Å². The van der Waals surface area contributed by atoms with Gasteiger partial charge in [-0.3, -0.25) is 13.9 Å². The highest BCUT2D eigenvalue weighted by Gasteiger charge is 2.38. The highest BCUT2D eigenvalue weighted by Crippen LogP contribution is 2.38. The second-order valence-corrected chi connectivity index (χ2v) is 6.10. The molecule has 0 atom stereocenters. The third kappa shape index (κ3) is 2.52. The van der Waals surface area contributed by atoms with Crippen LogP contribution in [-0.4, -0.2) is 14.7 Å². The van der Waals surface area contributed by atoms with Gasteiger partial charge in [0, 0.05) is 19.1 Å². The van der Waals surface area contributed by atoms with Gasteiger partial charge in [0.25, 0.3) is 5.56 Å². The predicted molar refractivity (Wildman–Crippen MR) is 76.5 cm³/mol. The zero-order chi connectivity index (χ0) is 14.4. The molecule has 1 saturated carbocycles. The van der Waals surface area contributed by atoms with Crippen molar-refractivity contribution in [2.24, 2.45) is 13.0 Å². The zero-order valence-corrected chi connectivity index (χ0v) is 12.0. The van der Waals surface area contributed by atoms with Crippen LogP contribution in [0.15, 0.2) is 9.59 Å². The first-order valence-corrected chi connectivity index (χ1v) is 6.62. The predicted octanol–water partition coefficient (Wildman–Crippen LogP) is 0.750. The molecule has 0 aliphatic heterocycles. The molecule has 6 heteroatoms. The summed E-state index contributed by atoms with van der Waals surface area (Å²) in [5.41, 5.74) is 5.61. The Morgan fingerprint density at radius 2 is 1.95 bits per heavy atom. The molecule has 6 nitrogen and oxygen atoms in total. The van der Waals surface area contributed by atoms with Crippen LogP contribution in [0, 0.1) is 5.92 Å². The lowest BCUT2D eigenvalue weighted by atomic mass is 10.2. The quantitative estimate of drug-likeness (QED) is 0.842. The number of rotatable bonds is 4. The average molecular weight is 266 g/mol. The van der Waals surface area contributed by atoms with Crippen LogP contribution in [0.1, 0.15) is 33.6 Å². The minimum atomic E-state index is -0.359. The van der Waals surface area contributed by atoms with E-state index in [1.54, 1.807) is 0 Å². The molecule has 1 heterocycles. The first kappa shape index (κ1) is 13.7. The van der Waals surface area contributed by atoms with E-state index in [0.29, 0.717) is 12.2 Å². The van der Waals surface area contributed by atoms with Gasteiger partial charge >= 0.3 is 5.69 Å². The van der Waals surface area contributed by atoms with Crippen LogP contribution in [0.3, 0.4) is 0 Å². The average Bonchev–Trinajstić information content (AvgIpc) is 3.06. The van der Waals surface area contributed by atoms with Crippen LogP contribution >= 0.6 is 0 Å². The highest BCUT2D eigenvalue weighted by molar-refractivity contribution is 5.62. The van der Waals surface area contributed by atoms with E-state index in [1.165, 1.54) is 11.6 Å². The Labute approximate surface area is 112 Å². The van der Waals surface area contributed by atoms with E-state index in [1.807, 2.05) is 20.8 Å². The molecule has 0 unspecified atom stereocenters. The molecule has 0 bridgehead atoms. The Morgan fingerprint density at radius 1 is 1.37 bits per heavy atom. The summed E-state index contributed by atoms with van der Waals surface area (Å²) < 4.78 is 2.59. The Bertz CT molecular complexity index is 608. The van der Waals surface area contributed by atoms with Gasteiger partial charge in [0.2, 0.25) is 0 Å². The van der Waals surface area contributed by atoms with Gasteiger partial charge < -0.3 is 11.1 Å². The fourth-order valence-corrected chi connectivity index (χ4v) is 2.06. The summed E-state index contributed by atoms with van der Waals surface area (Å²) in [6, 6.07) is 0. The monoisotopic (exact) mass is 266 g/mol. The molecule has 3 N–H and O–H groups in total. The van der Waals surface area contributed by atoms with Crippen molar-refractivity contribution in [3.8, 4) is 0 Å². The smallest absolute Gasteiger partial charge is 0.332 e. The molecule has 0 saturated heterocycles. The van der Waals surface area contributed by atoms with Crippen LogP contribution in [0.5, 0.6) is 0 Å². The van der Waals surface area contributed by atoms with E-state index < -0.39 is 0 Å². The van der Waals surface area contributed by atoms with Gasteiger partial charge in [-0.25, -0.2) is 4.79 Å². The van der Waals surface area contributed by atoms with Crippen molar-refractivity contribution < 1.29 is 0 Å². The summed E-state index contributed by atoms with van der Waals surface area (Å²) in [6.07, 6.45) is 2.03. The Morgan fingerprint density at radius 3 is 2.42 bits per heavy atom. The maximum atomic E-state index is 12.2. The Kier molecular flexibility index (Phi) is 3.20. The van der Waals surface area contributed by atoms with E-state index in [0.717, 1.165) is 17.4 Å². The summed E-state index contributed by atoms with van der Waals surface area (Å²) in [7, 11) is 1.49. The van der Waals surface area contributed by atoms with Gasteiger partial charge in [-0.2, -0.15) is 0 Å². The summed E-state index contributed by atoms with van der Waals surface area (Å²) in [5.74, 6) is 0.525. The van der Waals surface area contributed by atoms with Crippen molar-refractivity contribution >= 4 is 11.5 Å². The number of aromatic nitrogens is 2. The molecule has 1 aromatic rings. The van der Waals surface area contributed by atoms with E-state index in [-0.39, 0.29) is 28.5 Å². The summed E-state index contributed by atoms with van der Waals surface area (Å²) in [6.45, 7) is 6.56. The lowest BCUT2D eigenvalue weighted by Gasteiger charge is -2.19. The number of nitrogens with one attached hydrogen (secondary N) is 1. The van der Waals surface area contributed by atoms with Crippen LogP contribution in [0.2, 0.25) is 0 Å². The summed E-state index contributed by atoms with van der Waals surface area (Å²) >= 11 is 0. The maximum absolute atomic E-state index is 12.2. The molecule has 106 valence electrons. The van der Waals surface area contributed by atoms with Crippen molar-refractivity contribution in [1.29, 1.82) is 0 Å². The minimum Gasteiger partial charge on any atom is -0.383 e. The topological polar surface area (TPSA) is 82.0 Å². The van der Waals surface area contributed by atoms with Gasteiger partial charge in [0.05, 0.1) is 0 Å². The fourth-order valence-electron chi connectivity index (χ4n) is 2.06. The van der Waals surface area contributed by atoms with Gasteiger partial charge in [0.15, 0.2) is 0 Å². The number of nitrogens with two attached hydrogens (primary N) is 1. The van der Waals surface area contributed by atoms with E-state index >= 15 is 0 Å². The second kappa shape index (κ2) is 4.43. The SMILES string of the molecule is CC(C)Cn1c(N)c(NC2(C)CC2)c(=O)n(C)c1=O. The van der Waals surface area contributed by atoms with E-state index in [4.69, 9.17) is 5.73 Å². The van der Waals surface area contributed by atoms with Crippen molar-refractivity contribution in [2.75, 3.05) is 11.1 Å². The van der Waals surface area contributed by atoms with Gasteiger partial charge in [0.1, 0.15) is 11.5 Å². The number of nitrogen functional groups attached to an aromatic ring is 1. The molecule has 1 aliphatic rings. The lowest BCUT2D eigenvalue weighted by Crippen LogP contribution is -2.42. The molecule has 1 fully saturated rings. The largest absolute Gasteiger partial charge is 0.383 e. The standard InChI is InChI=1S/C13H22N4O2/c1-8(2)7-17-10(14)9(15-13(3)5-6-13)11(18)16(4)12(17)19/h8,15H,5-7,14H2,1-4H3. The van der Waals surface area contributed by atoms with Crippen LogP contribution in [0.25, 0.3) is 0 Å². The molecule has 0 radical (unpaired) electrons. The molecule has 19 heavy (non-hydrogen) atoms. The van der Waals surface area contributed by atoms with Crippen molar-refractivity contribution in [1.82, 2.24) is 9.13 Å². The minimum absolute atomic E-state index is 0.0552. The van der Waals surface area contributed by atoms with Crippen LogP contribution in [-0.2, 0) is 13.6 Å². The van der Waals surface area contributed by atoms with Crippen molar-refractivity contribution in [3.05, 3.63) is 20.8 Å². The third-order valence-corrected chi connectivity index (χ3v) is 3.56. The van der Waals surface area contributed by atoms with Gasteiger partial charge in [-0.1, -0.05) is 13.8 Å². The summed E-state index contributed by atoms with van der Waals surface area (Å²) in [5, 5.41) is 3.19. The maximum Gasteiger partial charge on any atom is 0.332 e. The molecule has 0 amide bonds. The number of hydrogen-bond donors (Lipinski definition) is 2. The molecular formula is C13H22N4O2. The number of nitrogens with zero attached hydrogens (tertiary/aromatic N) is 2. The van der Waals surface area contributed by atoms with Crippen LogP contribution < -0.4 is 22.3 Å². The summed E-state index contributed by atoms with van der Waals surface area (Å²) in [4.78, 5) is 24.3. The fraction of sp³-hybridized carbons (Fsp3) is 0.692. The molecule has 0 aromatic carbocycles. The molecular weight excluding hydrogens is 244 g/mol. The molecule has 1 aliphatic carbocycles. The number of anilines is 2. The van der Waals surface area contributed by atoms with Gasteiger partial charge in [-0.15, -0.1) is 0 Å². The molecule has 1 aromatic heterocycles. The van der Waals surface area contributed by atoms with Crippen molar-refractivity contribution in [2.45, 2.75) is 45.7 Å². The normalized spacial score (nSPS) is 16.7. The van der Waals surface area contributed by atoms with E-state index in [2.05, 4.69) is 5.32 Å². The lowest BCUT2D eigenvalue weighted by molar-refractivity contribution is 0.494.